The summed E-state index contributed by atoms with van der Waals surface area (Å²) in [6, 6.07) is 20.7. The van der Waals surface area contributed by atoms with Crippen molar-refractivity contribution in [3.63, 3.8) is 0 Å². The fourth-order valence-corrected chi connectivity index (χ4v) is 4.87. The predicted molar refractivity (Wildman–Crippen MR) is 147 cm³/mol. The largest absolute Gasteiger partial charge is 0.462 e. The average Bonchev–Trinajstić information content (AvgIpc) is 3.17. The first-order chi connectivity index (χ1) is 16.9. The number of thiocarbonyl (C=S) groups is 1. The molecule has 0 aliphatic carbocycles. The van der Waals surface area contributed by atoms with Gasteiger partial charge in [-0.2, -0.15) is 0 Å². The van der Waals surface area contributed by atoms with Crippen molar-refractivity contribution in [2.75, 3.05) is 22.6 Å². The van der Waals surface area contributed by atoms with Gasteiger partial charge in [-0.3, -0.25) is 0 Å². The maximum Gasteiger partial charge on any atom is 0.341 e. The molecule has 2 aromatic heterocycles. The highest BCUT2D eigenvalue weighted by Gasteiger charge is 2.24. The summed E-state index contributed by atoms with van der Waals surface area (Å²) in [5, 5.41) is 18.6. The van der Waals surface area contributed by atoms with Gasteiger partial charge >= 0.3 is 5.97 Å². The molecule has 0 atom stereocenters. The van der Waals surface area contributed by atoms with Crippen LogP contribution in [0.2, 0.25) is 5.15 Å². The van der Waals surface area contributed by atoms with Gasteiger partial charge in [0.15, 0.2) is 16.1 Å². The number of aryl methyl sites for hydroxylation is 1. The van der Waals surface area contributed by atoms with Crippen molar-refractivity contribution in [1.82, 2.24) is 10.2 Å². The van der Waals surface area contributed by atoms with Gasteiger partial charge in [-0.15, -0.1) is 21.5 Å². The lowest BCUT2D eigenvalue weighted by Crippen LogP contribution is -2.20. The lowest BCUT2D eigenvalue weighted by molar-refractivity contribution is 0.0529. The fourth-order valence-electron chi connectivity index (χ4n) is 3.42. The number of nitrogens with one attached hydrogen (secondary N) is 3. The molecule has 7 nitrogen and oxygen atoms in total. The van der Waals surface area contributed by atoms with Gasteiger partial charge < -0.3 is 20.7 Å². The van der Waals surface area contributed by atoms with Crippen molar-refractivity contribution in [2.24, 2.45) is 0 Å². The van der Waals surface area contributed by atoms with Crippen molar-refractivity contribution in [2.45, 2.75) is 13.8 Å². The number of thiophene rings is 1. The molecule has 0 saturated heterocycles. The average molecular weight is 524 g/mol. The molecular weight excluding hydrogens is 502 g/mol. The highest BCUT2D eigenvalue weighted by atomic mass is 35.5. The van der Waals surface area contributed by atoms with Crippen molar-refractivity contribution in [3.05, 3.63) is 82.3 Å². The maximum atomic E-state index is 12.9. The van der Waals surface area contributed by atoms with Crippen LogP contribution in [-0.2, 0) is 4.74 Å². The molecule has 0 aliphatic heterocycles. The number of nitrogens with zero attached hydrogens (tertiary/aromatic N) is 2. The molecule has 10 heteroatoms. The third-order valence-electron chi connectivity index (χ3n) is 4.90. The Morgan fingerprint density at radius 1 is 1.00 bits per heavy atom. The van der Waals surface area contributed by atoms with Crippen molar-refractivity contribution >= 4 is 68.4 Å². The van der Waals surface area contributed by atoms with Crippen molar-refractivity contribution in [1.29, 1.82) is 0 Å². The molecule has 0 bridgehead atoms. The summed E-state index contributed by atoms with van der Waals surface area (Å²) in [4.78, 5) is 13.9. The highest BCUT2D eigenvalue weighted by Crippen LogP contribution is 2.40. The van der Waals surface area contributed by atoms with Crippen LogP contribution in [0.3, 0.4) is 0 Å². The normalized spacial score (nSPS) is 10.5. The van der Waals surface area contributed by atoms with E-state index >= 15 is 0 Å². The van der Waals surface area contributed by atoms with Crippen LogP contribution >= 0.6 is 35.2 Å². The molecule has 0 radical (unpaired) electrons. The van der Waals surface area contributed by atoms with E-state index in [1.165, 1.54) is 11.3 Å². The van der Waals surface area contributed by atoms with E-state index in [2.05, 4.69) is 26.1 Å². The van der Waals surface area contributed by atoms with Crippen molar-refractivity contribution in [3.8, 4) is 11.1 Å². The molecule has 35 heavy (non-hydrogen) atoms. The minimum absolute atomic E-state index is 0.284. The molecule has 0 amide bonds. The van der Waals surface area contributed by atoms with Crippen LogP contribution in [-0.4, -0.2) is 27.9 Å². The van der Waals surface area contributed by atoms with Gasteiger partial charge in [0.2, 0.25) is 0 Å². The summed E-state index contributed by atoms with van der Waals surface area (Å²) < 4.78 is 5.35. The number of halogens is 1. The molecule has 4 rings (SSSR count). The van der Waals surface area contributed by atoms with Crippen LogP contribution in [0.4, 0.5) is 22.2 Å². The van der Waals surface area contributed by atoms with Crippen LogP contribution in [0, 0.1) is 6.92 Å². The fraction of sp³-hybridized carbons (Fsp3) is 0.120. The van der Waals surface area contributed by atoms with Crippen LogP contribution < -0.4 is 16.0 Å². The summed E-state index contributed by atoms with van der Waals surface area (Å²) in [5.74, 6) is 0.197. The van der Waals surface area contributed by atoms with E-state index in [1.54, 1.807) is 19.1 Å². The number of hydrogen-bond acceptors (Lipinski definition) is 7. The van der Waals surface area contributed by atoms with E-state index in [0.717, 1.165) is 27.4 Å². The number of esters is 1. The Labute approximate surface area is 217 Å². The number of rotatable bonds is 7. The molecule has 0 aliphatic rings. The maximum absolute atomic E-state index is 12.9. The molecule has 3 N–H and O–H groups in total. The topological polar surface area (TPSA) is 88.2 Å². The first-order valence-corrected chi connectivity index (χ1v) is 12.3. The molecule has 0 saturated carbocycles. The Balaban J connectivity index is 1.49. The van der Waals surface area contributed by atoms with E-state index in [9.17, 15) is 4.79 Å². The van der Waals surface area contributed by atoms with E-state index < -0.39 is 0 Å². The SMILES string of the molecule is CCOC(=O)c1c(NC(=S)Nc2ccc(Nc3ccc(Cl)nn3)cc2)sc(C)c1-c1ccccc1. The van der Waals surface area contributed by atoms with Gasteiger partial charge in [0.25, 0.3) is 0 Å². The Kier molecular flexibility index (Phi) is 7.91. The van der Waals surface area contributed by atoms with Gasteiger partial charge in [0, 0.05) is 21.8 Å². The van der Waals surface area contributed by atoms with E-state index in [4.69, 9.17) is 28.6 Å². The van der Waals surface area contributed by atoms with Crippen molar-refractivity contribution < 1.29 is 9.53 Å². The Hall–Kier alpha value is -3.53. The molecule has 2 heterocycles. The number of aromatic nitrogens is 2. The number of benzene rings is 2. The Morgan fingerprint density at radius 3 is 2.37 bits per heavy atom. The monoisotopic (exact) mass is 523 g/mol. The second-order valence-electron chi connectivity index (χ2n) is 7.35. The Bertz CT molecular complexity index is 1330. The predicted octanol–water partition coefficient (Wildman–Crippen LogP) is 6.90. The minimum atomic E-state index is -0.387. The minimum Gasteiger partial charge on any atom is -0.462 e. The summed E-state index contributed by atoms with van der Waals surface area (Å²) in [7, 11) is 0. The van der Waals surface area contributed by atoms with E-state index in [0.29, 0.717) is 26.6 Å². The number of anilines is 4. The lowest BCUT2D eigenvalue weighted by atomic mass is 10.0. The Morgan fingerprint density at radius 2 is 1.71 bits per heavy atom. The molecule has 0 spiro atoms. The molecule has 0 unspecified atom stereocenters. The van der Waals surface area contributed by atoms with Gasteiger partial charge in [-0.25, -0.2) is 4.79 Å². The molecule has 0 fully saturated rings. The van der Waals surface area contributed by atoms with Crippen LogP contribution in [0.5, 0.6) is 0 Å². The lowest BCUT2D eigenvalue weighted by Gasteiger charge is -2.12. The number of carbonyl (C=O) groups is 1. The number of carbonyl (C=O) groups excluding carboxylic acids is 1. The smallest absolute Gasteiger partial charge is 0.341 e. The molecular formula is C25H22ClN5O2S2. The second kappa shape index (κ2) is 11.3. The first kappa shape index (κ1) is 24.6. The van der Waals surface area contributed by atoms with Crippen LogP contribution in [0.1, 0.15) is 22.2 Å². The number of ether oxygens (including phenoxy) is 1. The molecule has 2 aromatic carbocycles. The molecule has 178 valence electrons. The van der Waals surface area contributed by atoms with Gasteiger partial charge in [0.1, 0.15) is 10.6 Å². The second-order valence-corrected chi connectivity index (χ2v) is 9.37. The third-order valence-corrected chi connectivity index (χ3v) is 6.33. The zero-order valence-corrected chi connectivity index (χ0v) is 21.4. The van der Waals surface area contributed by atoms with E-state index in [-0.39, 0.29) is 12.6 Å². The summed E-state index contributed by atoms with van der Waals surface area (Å²) in [5.41, 5.74) is 3.89. The summed E-state index contributed by atoms with van der Waals surface area (Å²) >= 11 is 12.8. The first-order valence-electron chi connectivity index (χ1n) is 10.7. The quantitative estimate of drug-likeness (QED) is 0.178. The van der Waals surface area contributed by atoms with E-state index in [1.807, 2.05) is 61.5 Å². The zero-order valence-electron chi connectivity index (χ0n) is 19.0. The van der Waals surface area contributed by atoms with Gasteiger partial charge in [-0.1, -0.05) is 41.9 Å². The van der Waals surface area contributed by atoms with Gasteiger partial charge in [-0.05, 0) is 68.0 Å². The third kappa shape index (κ3) is 6.13. The zero-order chi connectivity index (χ0) is 24.8. The van der Waals surface area contributed by atoms with Crippen LogP contribution in [0.15, 0.2) is 66.7 Å². The molecule has 4 aromatic rings. The summed E-state index contributed by atoms with van der Waals surface area (Å²) in [6.07, 6.45) is 0. The standard InChI is InChI=1S/C25H22ClN5O2S2/c1-3-33-24(32)22-21(16-7-5-4-6-8-16)15(2)35-23(22)29-25(34)28-18-11-9-17(10-12-18)27-20-14-13-19(26)30-31-20/h4-14H,3H2,1-2H3,(H,27,31)(H2,28,29,34). The summed E-state index contributed by atoms with van der Waals surface area (Å²) in [6.45, 7) is 4.05. The number of hydrogen-bond donors (Lipinski definition) is 3. The van der Waals surface area contributed by atoms with Crippen LogP contribution in [0.25, 0.3) is 11.1 Å². The van der Waals surface area contributed by atoms with Gasteiger partial charge in [0.05, 0.1) is 6.61 Å². The highest BCUT2D eigenvalue weighted by molar-refractivity contribution is 7.80.